The van der Waals surface area contributed by atoms with Crippen LogP contribution in [0.5, 0.6) is 0 Å². The topological polar surface area (TPSA) is 38.3 Å². The molecule has 1 amide bonds. The molecule has 0 aliphatic heterocycles. The van der Waals surface area contributed by atoms with Crippen LogP contribution in [0, 0.1) is 0 Å². The Morgan fingerprint density at radius 2 is 1.93 bits per heavy atom. The van der Waals surface area contributed by atoms with Crippen LogP contribution in [-0.4, -0.2) is 23.1 Å². The Labute approximate surface area is 91.2 Å². The number of rotatable bonds is 3. The predicted octanol–water partition coefficient (Wildman–Crippen LogP) is 2.92. The van der Waals surface area contributed by atoms with E-state index in [9.17, 15) is 4.79 Å². The number of carbonyl (C=O) groups excluding carboxylic acids is 1. The van der Waals surface area contributed by atoms with E-state index in [1.807, 2.05) is 34.6 Å². The van der Waals surface area contributed by atoms with Crippen LogP contribution in [0.1, 0.15) is 41.0 Å². The summed E-state index contributed by atoms with van der Waals surface area (Å²) < 4.78 is 5.10. The van der Waals surface area contributed by atoms with Gasteiger partial charge in [-0.1, -0.05) is 0 Å². The molecule has 0 fully saturated rings. The summed E-state index contributed by atoms with van der Waals surface area (Å²) in [7, 11) is 0. The Kier molecular flexibility index (Phi) is 5.27. The van der Waals surface area contributed by atoms with Crippen LogP contribution in [0.15, 0.2) is 0 Å². The zero-order valence-electron chi connectivity index (χ0n) is 9.56. The Balaban J connectivity index is 3.83. The smallest absolute Gasteiger partial charge is 0.407 e. The summed E-state index contributed by atoms with van der Waals surface area (Å²) in [5, 5.41) is 2.78. The molecule has 84 valence electrons. The van der Waals surface area contributed by atoms with E-state index in [4.69, 9.17) is 16.3 Å². The maximum absolute atomic E-state index is 11.3. The van der Waals surface area contributed by atoms with Crippen molar-refractivity contribution in [3.05, 3.63) is 0 Å². The van der Waals surface area contributed by atoms with Crippen LogP contribution in [0.4, 0.5) is 4.79 Å². The van der Waals surface area contributed by atoms with Crippen molar-refractivity contribution in [3.63, 3.8) is 0 Å². The van der Waals surface area contributed by atoms with Crippen molar-refractivity contribution in [2.24, 2.45) is 0 Å². The molecule has 0 rings (SSSR count). The number of nitrogens with one attached hydrogen (secondary N) is 1. The second-order valence-electron chi connectivity index (χ2n) is 4.56. The molecule has 0 aliphatic carbocycles. The predicted molar refractivity (Wildman–Crippen MR) is 58.8 cm³/mol. The van der Waals surface area contributed by atoms with Gasteiger partial charge >= 0.3 is 6.09 Å². The molecule has 0 saturated carbocycles. The Hall–Kier alpha value is -0.440. The van der Waals surface area contributed by atoms with Crippen LogP contribution in [0.25, 0.3) is 0 Å². The lowest BCUT2D eigenvalue weighted by molar-refractivity contribution is 0.0506. The van der Waals surface area contributed by atoms with Crippen LogP contribution in [-0.2, 0) is 4.74 Å². The molecule has 0 aliphatic rings. The first kappa shape index (κ1) is 13.6. The third kappa shape index (κ3) is 8.17. The highest BCUT2D eigenvalue weighted by atomic mass is 35.5. The minimum Gasteiger partial charge on any atom is -0.444 e. The highest BCUT2D eigenvalue weighted by Gasteiger charge is 2.17. The number of alkyl carbamates (subject to hydrolysis) is 1. The van der Waals surface area contributed by atoms with Gasteiger partial charge in [0.2, 0.25) is 0 Å². The van der Waals surface area contributed by atoms with E-state index in [2.05, 4.69) is 5.32 Å². The highest BCUT2D eigenvalue weighted by Crippen LogP contribution is 2.08. The summed E-state index contributed by atoms with van der Waals surface area (Å²) >= 11 is 5.80. The molecule has 0 heterocycles. The quantitative estimate of drug-likeness (QED) is 0.745. The van der Waals surface area contributed by atoms with Gasteiger partial charge in [0.25, 0.3) is 0 Å². The lowest BCUT2D eigenvalue weighted by Crippen LogP contribution is -2.38. The van der Waals surface area contributed by atoms with Crippen molar-refractivity contribution in [2.45, 2.75) is 58.1 Å². The Morgan fingerprint density at radius 1 is 1.43 bits per heavy atom. The molecule has 0 radical (unpaired) electrons. The standard InChI is InChI=1S/C10H20ClNO2/c1-7(11)6-8(2)12-9(13)14-10(3,4)5/h7-8H,6H2,1-5H3,(H,12,13). The van der Waals surface area contributed by atoms with Crippen molar-refractivity contribution >= 4 is 17.7 Å². The normalized spacial score (nSPS) is 15.9. The molecule has 1 N–H and O–H groups in total. The van der Waals surface area contributed by atoms with Gasteiger partial charge in [-0.3, -0.25) is 0 Å². The Bertz CT molecular complexity index is 187. The van der Waals surface area contributed by atoms with E-state index in [0.29, 0.717) is 0 Å². The molecule has 0 bridgehead atoms. The number of halogens is 1. The first-order valence-corrected chi connectivity index (χ1v) is 5.28. The minimum atomic E-state index is -0.448. The first-order chi connectivity index (χ1) is 6.20. The number of carbonyl (C=O) groups is 1. The van der Waals surface area contributed by atoms with Gasteiger partial charge in [-0.25, -0.2) is 4.79 Å². The molecule has 2 unspecified atom stereocenters. The minimum absolute atomic E-state index is 0.0392. The summed E-state index contributed by atoms with van der Waals surface area (Å²) in [5.41, 5.74) is -0.448. The summed E-state index contributed by atoms with van der Waals surface area (Å²) in [4.78, 5) is 11.3. The van der Waals surface area contributed by atoms with Crippen molar-refractivity contribution in [1.29, 1.82) is 0 Å². The van der Waals surface area contributed by atoms with Crippen LogP contribution < -0.4 is 5.32 Å². The SMILES string of the molecule is CC(Cl)CC(C)NC(=O)OC(C)(C)C. The van der Waals surface area contributed by atoms with E-state index in [0.717, 1.165) is 6.42 Å². The molecular formula is C10H20ClNO2. The fourth-order valence-electron chi connectivity index (χ4n) is 1.05. The molecule has 0 aromatic rings. The fourth-order valence-corrected chi connectivity index (χ4v) is 1.32. The number of hydrogen-bond acceptors (Lipinski definition) is 2. The molecule has 0 aromatic heterocycles. The fraction of sp³-hybridized carbons (Fsp3) is 0.900. The Morgan fingerprint density at radius 3 is 2.29 bits per heavy atom. The van der Waals surface area contributed by atoms with Gasteiger partial charge in [0, 0.05) is 11.4 Å². The third-order valence-electron chi connectivity index (χ3n) is 1.44. The van der Waals surface area contributed by atoms with E-state index in [1.165, 1.54) is 0 Å². The van der Waals surface area contributed by atoms with Gasteiger partial charge in [0.15, 0.2) is 0 Å². The summed E-state index contributed by atoms with van der Waals surface area (Å²) in [6.45, 7) is 9.31. The van der Waals surface area contributed by atoms with Gasteiger partial charge in [-0.2, -0.15) is 0 Å². The summed E-state index contributed by atoms with van der Waals surface area (Å²) in [5.74, 6) is 0. The van der Waals surface area contributed by atoms with Crippen molar-refractivity contribution in [2.75, 3.05) is 0 Å². The monoisotopic (exact) mass is 221 g/mol. The van der Waals surface area contributed by atoms with Crippen molar-refractivity contribution in [3.8, 4) is 0 Å². The second kappa shape index (κ2) is 5.44. The van der Waals surface area contributed by atoms with E-state index < -0.39 is 5.60 Å². The average molecular weight is 222 g/mol. The second-order valence-corrected chi connectivity index (χ2v) is 5.31. The molecule has 3 nitrogen and oxygen atoms in total. The number of ether oxygens (including phenoxy) is 1. The molecular weight excluding hydrogens is 202 g/mol. The van der Waals surface area contributed by atoms with Gasteiger partial charge in [-0.15, -0.1) is 11.6 Å². The van der Waals surface area contributed by atoms with E-state index in [-0.39, 0.29) is 17.5 Å². The van der Waals surface area contributed by atoms with E-state index >= 15 is 0 Å². The van der Waals surface area contributed by atoms with Crippen molar-refractivity contribution < 1.29 is 9.53 Å². The van der Waals surface area contributed by atoms with Crippen LogP contribution in [0.3, 0.4) is 0 Å². The summed E-state index contributed by atoms with van der Waals surface area (Å²) in [6, 6.07) is 0.0392. The molecule has 2 atom stereocenters. The molecule has 4 heteroatoms. The maximum atomic E-state index is 11.3. The molecule has 0 aromatic carbocycles. The summed E-state index contributed by atoms with van der Waals surface area (Å²) in [6.07, 6.45) is 0.350. The largest absolute Gasteiger partial charge is 0.444 e. The molecule has 0 saturated heterocycles. The van der Waals surface area contributed by atoms with Gasteiger partial charge in [0.05, 0.1) is 0 Å². The van der Waals surface area contributed by atoms with Gasteiger partial charge < -0.3 is 10.1 Å². The van der Waals surface area contributed by atoms with Crippen molar-refractivity contribution in [1.82, 2.24) is 5.32 Å². The first-order valence-electron chi connectivity index (χ1n) is 4.84. The zero-order valence-corrected chi connectivity index (χ0v) is 10.3. The van der Waals surface area contributed by atoms with Crippen LogP contribution >= 0.6 is 11.6 Å². The lowest BCUT2D eigenvalue weighted by atomic mass is 10.2. The molecule has 0 spiro atoms. The van der Waals surface area contributed by atoms with E-state index in [1.54, 1.807) is 0 Å². The number of alkyl halides is 1. The highest BCUT2D eigenvalue weighted by molar-refractivity contribution is 6.20. The molecule has 14 heavy (non-hydrogen) atoms. The number of hydrogen-bond donors (Lipinski definition) is 1. The third-order valence-corrected chi connectivity index (χ3v) is 1.62. The van der Waals surface area contributed by atoms with Crippen LogP contribution in [0.2, 0.25) is 0 Å². The lowest BCUT2D eigenvalue weighted by Gasteiger charge is -2.22. The van der Waals surface area contributed by atoms with Gasteiger partial charge in [-0.05, 0) is 41.0 Å². The number of amides is 1. The maximum Gasteiger partial charge on any atom is 0.407 e. The average Bonchev–Trinajstić information content (AvgIpc) is 1.77. The van der Waals surface area contributed by atoms with Gasteiger partial charge in [0.1, 0.15) is 5.60 Å². The zero-order chi connectivity index (χ0) is 11.4.